The minimum absolute atomic E-state index is 0.105. The number of esters is 1. The van der Waals surface area contributed by atoms with Crippen LogP contribution >= 0.6 is 12.2 Å². The molecule has 0 aliphatic carbocycles. The molecule has 0 radical (unpaired) electrons. The Bertz CT molecular complexity index is 551. The number of nitrogens with zero attached hydrogens (tertiary/aromatic N) is 2. The Labute approximate surface area is 142 Å². The third-order valence-corrected chi connectivity index (χ3v) is 2.98. The summed E-state index contributed by atoms with van der Waals surface area (Å²) in [7, 11) is 0. The highest BCUT2D eigenvalue weighted by molar-refractivity contribution is 7.80. The van der Waals surface area contributed by atoms with E-state index in [1.807, 2.05) is 5.32 Å². The number of ether oxygens (including phenoxy) is 1. The molecule has 0 aliphatic heterocycles. The number of anilines is 1. The molecular weight excluding hydrogens is 349 g/mol. The van der Waals surface area contributed by atoms with E-state index in [1.165, 1.54) is 10.7 Å². The molecule has 1 unspecified atom stereocenters. The van der Waals surface area contributed by atoms with Gasteiger partial charge < -0.3 is 20.5 Å². The number of aliphatic hydroxyl groups is 1. The predicted octanol–water partition coefficient (Wildman–Crippen LogP) is 1.44. The second-order valence-corrected chi connectivity index (χ2v) is 5.25. The fourth-order valence-corrected chi connectivity index (χ4v) is 1.87. The van der Waals surface area contributed by atoms with Crippen molar-refractivity contribution in [2.75, 3.05) is 18.5 Å². The molecule has 0 fully saturated rings. The van der Waals surface area contributed by atoms with Crippen LogP contribution in [0.5, 0.6) is 0 Å². The van der Waals surface area contributed by atoms with E-state index in [9.17, 15) is 23.1 Å². The summed E-state index contributed by atoms with van der Waals surface area (Å²) in [6, 6.07) is 1.53. The largest absolute Gasteiger partial charge is 0.466 e. The number of aryl methyl sites for hydroxylation is 1. The van der Waals surface area contributed by atoms with Crippen LogP contribution in [0.25, 0.3) is 0 Å². The first kappa shape index (κ1) is 20.2. The third-order valence-electron chi connectivity index (χ3n) is 2.73. The van der Waals surface area contributed by atoms with Gasteiger partial charge in [-0.15, -0.1) is 0 Å². The molecule has 136 valence electrons. The highest BCUT2D eigenvalue weighted by Crippen LogP contribution is 2.12. The number of hydrogen-bond acceptors (Lipinski definition) is 5. The van der Waals surface area contributed by atoms with Gasteiger partial charge in [-0.1, -0.05) is 0 Å². The molecule has 0 aromatic carbocycles. The molecule has 0 bridgehead atoms. The van der Waals surface area contributed by atoms with Crippen molar-refractivity contribution in [2.24, 2.45) is 0 Å². The first-order chi connectivity index (χ1) is 11.2. The van der Waals surface area contributed by atoms with E-state index >= 15 is 0 Å². The Hall–Kier alpha value is -1.88. The fourth-order valence-electron chi connectivity index (χ4n) is 1.69. The highest BCUT2D eigenvalue weighted by atomic mass is 32.1. The number of carbonyl (C=O) groups excluding carboxylic acids is 1. The summed E-state index contributed by atoms with van der Waals surface area (Å²) in [5.74, 6) is -0.205. The van der Waals surface area contributed by atoms with Crippen LogP contribution in [0.15, 0.2) is 12.3 Å². The average molecular weight is 368 g/mol. The van der Waals surface area contributed by atoms with E-state index in [4.69, 9.17) is 17.0 Å². The maximum Gasteiger partial charge on any atom is 0.405 e. The minimum Gasteiger partial charge on any atom is -0.466 e. The van der Waals surface area contributed by atoms with Crippen molar-refractivity contribution < 1.29 is 27.8 Å². The van der Waals surface area contributed by atoms with Crippen molar-refractivity contribution in [3.63, 3.8) is 0 Å². The Kier molecular flexibility index (Phi) is 7.92. The van der Waals surface area contributed by atoms with Crippen LogP contribution in [0.3, 0.4) is 0 Å². The van der Waals surface area contributed by atoms with E-state index in [2.05, 4.69) is 10.4 Å². The molecule has 1 aromatic rings. The normalized spacial score (nSPS) is 12.5. The Morgan fingerprint density at radius 1 is 1.54 bits per heavy atom. The Balaban J connectivity index is 2.35. The number of hydrogen-bond donors (Lipinski definition) is 3. The molecule has 0 aliphatic rings. The molecule has 24 heavy (non-hydrogen) atoms. The van der Waals surface area contributed by atoms with Gasteiger partial charge in [0.2, 0.25) is 0 Å². The molecule has 1 atom stereocenters. The lowest BCUT2D eigenvalue weighted by atomic mass is 10.2. The zero-order valence-corrected chi connectivity index (χ0v) is 13.8. The van der Waals surface area contributed by atoms with Gasteiger partial charge in [0.15, 0.2) is 10.9 Å². The predicted molar refractivity (Wildman–Crippen MR) is 84.4 cm³/mol. The zero-order valence-electron chi connectivity index (χ0n) is 13.0. The number of rotatable bonds is 8. The van der Waals surface area contributed by atoms with E-state index in [1.54, 1.807) is 13.1 Å². The quantitative estimate of drug-likeness (QED) is 0.473. The van der Waals surface area contributed by atoms with Gasteiger partial charge in [-0.2, -0.15) is 18.3 Å². The molecule has 11 heteroatoms. The van der Waals surface area contributed by atoms with Crippen molar-refractivity contribution >= 4 is 29.1 Å². The molecule has 0 saturated carbocycles. The lowest BCUT2D eigenvalue weighted by molar-refractivity contribution is -0.145. The first-order valence-corrected chi connectivity index (χ1v) is 7.59. The maximum absolute atomic E-state index is 12.0. The van der Waals surface area contributed by atoms with Gasteiger partial charge in [-0.3, -0.25) is 9.48 Å². The molecule has 1 rings (SSSR count). The lowest BCUT2D eigenvalue weighted by Gasteiger charge is -2.11. The summed E-state index contributed by atoms with van der Waals surface area (Å²) >= 11 is 4.73. The van der Waals surface area contributed by atoms with E-state index in [-0.39, 0.29) is 30.4 Å². The van der Waals surface area contributed by atoms with Crippen LogP contribution in [-0.2, 0) is 16.1 Å². The summed E-state index contributed by atoms with van der Waals surface area (Å²) in [5.41, 5.74) is 0. The molecule has 0 saturated heterocycles. The van der Waals surface area contributed by atoms with Crippen molar-refractivity contribution in [3.8, 4) is 0 Å². The number of alkyl halides is 3. The Morgan fingerprint density at radius 2 is 2.25 bits per heavy atom. The first-order valence-electron chi connectivity index (χ1n) is 7.18. The third kappa shape index (κ3) is 8.67. The monoisotopic (exact) mass is 368 g/mol. The summed E-state index contributed by atoms with van der Waals surface area (Å²) < 4.78 is 42.3. The molecule has 1 heterocycles. The van der Waals surface area contributed by atoms with E-state index in [0.717, 1.165) is 0 Å². The van der Waals surface area contributed by atoms with Gasteiger partial charge in [0.05, 0.1) is 19.1 Å². The molecular formula is C13H19F3N4O3S. The molecule has 0 spiro atoms. The zero-order chi connectivity index (χ0) is 18.2. The summed E-state index contributed by atoms with van der Waals surface area (Å²) in [6.45, 7) is 1.02. The number of carbonyl (C=O) groups is 1. The number of aliphatic hydroxyl groups excluding tert-OH is 1. The second-order valence-electron chi connectivity index (χ2n) is 4.84. The summed E-state index contributed by atoms with van der Waals surface area (Å²) in [6.07, 6.45) is -3.48. The lowest BCUT2D eigenvalue weighted by Crippen LogP contribution is -2.36. The fraction of sp³-hybridized carbons (Fsp3) is 0.615. The van der Waals surface area contributed by atoms with Gasteiger partial charge in [-0.05, 0) is 25.6 Å². The summed E-state index contributed by atoms with van der Waals surface area (Å²) in [4.78, 5) is 11.2. The molecule has 3 N–H and O–H groups in total. The van der Waals surface area contributed by atoms with Crippen LogP contribution in [-0.4, -0.2) is 51.4 Å². The van der Waals surface area contributed by atoms with Crippen molar-refractivity contribution in [2.45, 2.75) is 38.6 Å². The smallest absolute Gasteiger partial charge is 0.405 e. The molecule has 0 amide bonds. The van der Waals surface area contributed by atoms with Gasteiger partial charge in [0.1, 0.15) is 6.54 Å². The van der Waals surface area contributed by atoms with Gasteiger partial charge in [0.25, 0.3) is 0 Å². The van der Waals surface area contributed by atoms with Gasteiger partial charge in [-0.25, -0.2) is 0 Å². The average Bonchev–Trinajstić information content (AvgIpc) is 2.90. The standard InChI is InChI=1S/C13H19F3N4O3S/c1-2-23-11(22)7-9(21)3-5-20-6-4-10(19-20)18-12(24)17-8-13(14,15)16/h4,6,9,21H,2-3,5,7-8H2,1H3,(H2,17,18,19,24). The number of nitrogens with one attached hydrogen (secondary N) is 2. The van der Waals surface area contributed by atoms with Crippen LogP contribution in [0, 0.1) is 0 Å². The van der Waals surface area contributed by atoms with Crippen LogP contribution in [0.2, 0.25) is 0 Å². The minimum atomic E-state index is -4.36. The molecule has 7 nitrogen and oxygen atoms in total. The number of aromatic nitrogens is 2. The maximum atomic E-state index is 12.0. The number of thiocarbonyl (C=S) groups is 1. The van der Waals surface area contributed by atoms with Gasteiger partial charge >= 0.3 is 12.1 Å². The highest BCUT2D eigenvalue weighted by Gasteiger charge is 2.27. The van der Waals surface area contributed by atoms with E-state index < -0.39 is 24.8 Å². The van der Waals surface area contributed by atoms with Gasteiger partial charge in [0, 0.05) is 18.8 Å². The van der Waals surface area contributed by atoms with Crippen molar-refractivity contribution in [1.82, 2.24) is 15.1 Å². The van der Waals surface area contributed by atoms with E-state index in [0.29, 0.717) is 6.54 Å². The van der Waals surface area contributed by atoms with Crippen LogP contribution in [0.1, 0.15) is 19.8 Å². The second kappa shape index (κ2) is 9.42. The Morgan fingerprint density at radius 3 is 2.88 bits per heavy atom. The topological polar surface area (TPSA) is 88.4 Å². The summed E-state index contributed by atoms with van der Waals surface area (Å²) in [5, 5.41) is 18.1. The number of halogens is 3. The van der Waals surface area contributed by atoms with Crippen LogP contribution < -0.4 is 10.6 Å². The molecule has 1 aromatic heterocycles. The van der Waals surface area contributed by atoms with Crippen molar-refractivity contribution in [1.29, 1.82) is 0 Å². The van der Waals surface area contributed by atoms with Crippen molar-refractivity contribution in [3.05, 3.63) is 12.3 Å². The SMILES string of the molecule is CCOC(=O)CC(O)CCn1ccc(NC(=S)NCC(F)(F)F)n1. The van der Waals surface area contributed by atoms with Crippen LogP contribution in [0.4, 0.5) is 19.0 Å².